The van der Waals surface area contributed by atoms with Gasteiger partial charge in [0.25, 0.3) is 0 Å². The van der Waals surface area contributed by atoms with E-state index in [9.17, 15) is 10.1 Å². The number of nitriles is 1. The van der Waals surface area contributed by atoms with Gasteiger partial charge in [0.1, 0.15) is 0 Å². The second kappa shape index (κ2) is 8.02. The van der Waals surface area contributed by atoms with Crippen molar-refractivity contribution < 1.29 is 4.79 Å². The maximum absolute atomic E-state index is 13.1. The van der Waals surface area contributed by atoms with Crippen LogP contribution < -0.4 is 5.32 Å². The van der Waals surface area contributed by atoms with Gasteiger partial charge in [-0.1, -0.05) is 49.7 Å². The Bertz CT molecular complexity index is 1060. The monoisotopic (exact) mass is 440 g/mol. The van der Waals surface area contributed by atoms with Gasteiger partial charge in [-0.2, -0.15) is 5.26 Å². The van der Waals surface area contributed by atoms with Crippen molar-refractivity contribution in [3.63, 3.8) is 0 Å². The number of nitrogens with zero attached hydrogens (tertiary/aromatic N) is 1. The lowest BCUT2D eigenvalue weighted by atomic mass is 9.70. The van der Waals surface area contributed by atoms with Crippen molar-refractivity contribution in [1.29, 1.82) is 5.26 Å². The van der Waals surface area contributed by atoms with E-state index in [0.717, 1.165) is 38.2 Å². The summed E-state index contributed by atoms with van der Waals surface area (Å²) in [6.45, 7) is 4.24. The van der Waals surface area contributed by atoms with Crippen LogP contribution in [0.25, 0.3) is 0 Å². The number of thioether (sulfide) groups is 1. The van der Waals surface area contributed by atoms with Crippen molar-refractivity contribution in [3.8, 4) is 6.07 Å². The number of nitrogens with one attached hydrogen (secondary N) is 1. The minimum absolute atomic E-state index is 0.0917. The number of hydrogen-bond donors (Lipinski definition) is 1. The largest absolute Gasteiger partial charge is 0.352 e. The molecule has 4 rings (SSSR count). The molecule has 0 bridgehead atoms. The van der Waals surface area contributed by atoms with Gasteiger partial charge in [0, 0.05) is 33.3 Å². The van der Waals surface area contributed by atoms with Gasteiger partial charge in [-0.05, 0) is 34.9 Å². The maximum atomic E-state index is 13.1. The lowest BCUT2D eigenvalue weighted by Gasteiger charge is -2.38. The second-order valence-electron chi connectivity index (χ2n) is 8.14. The van der Waals surface area contributed by atoms with Crippen LogP contribution in [0.2, 0.25) is 5.02 Å². The summed E-state index contributed by atoms with van der Waals surface area (Å²) in [5, 5.41) is 17.1. The number of dihydropyridines is 1. The van der Waals surface area contributed by atoms with E-state index >= 15 is 0 Å². The van der Waals surface area contributed by atoms with Crippen molar-refractivity contribution in [3.05, 3.63) is 79.1 Å². The zero-order chi connectivity index (χ0) is 20.6. The molecule has 1 aliphatic carbocycles. The predicted molar refractivity (Wildman–Crippen MR) is 121 cm³/mol. The molecule has 1 aromatic carbocycles. The molecule has 2 aliphatic rings. The first-order valence-corrected chi connectivity index (χ1v) is 11.7. The van der Waals surface area contributed by atoms with Crippen molar-refractivity contribution >= 4 is 40.5 Å². The number of carbonyl (C=O) groups is 1. The smallest absolute Gasteiger partial charge is 0.162 e. The molecule has 29 heavy (non-hydrogen) atoms. The van der Waals surface area contributed by atoms with E-state index in [-0.39, 0.29) is 17.1 Å². The summed E-state index contributed by atoms with van der Waals surface area (Å²) < 4.78 is 0. The van der Waals surface area contributed by atoms with Crippen LogP contribution in [0.1, 0.15) is 43.0 Å². The first-order valence-electron chi connectivity index (χ1n) is 9.47. The highest BCUT2D eigenvalue weighted by atomic mass is 35.5. The molecular weight excluding hydrogens is 420 g/mol. The van der Waals surface area contributed by atoms with Crippen LogP contribution in [-0.2, 0) is 10.5 Å². The van der Waals surface area contributed by atoms with Crippen molar-refractivity contribution in [2.75, 3.05) is 0 Å². The minimum Gasteiger partial charge on any atom is -0.352 e. The van der Waals surface area contributed by atoms with E-state index in [1.165, 1.54) is 0 Å². The predicted octanol–water partition coefficient (Wildman–Crippen LogP) is 6.40. The number of thiophene rings is 1. The van der Waals surface area contributed by atoms with Crippen molar-refractivity contribution in [1.82, 2.24) is 5.32 Å². The topological polar surface area (TPSA) is 52.9 Å². The first-order chi connectivity index (χ1) is 13.9. The molecule has 1 aromatic heterocycles. The molecule has 2 heterocycles. The number of ketones is 1. The number of Topliss-reactive ketones (excluding diaryl/α,β-unsaturated/α-hetero) is 1. The highest BCUT2D eigenvalue weighted by molar-refractivity contribution is 8.02. The fourth-order valence-electron chi connectivity index (χ4n) is 4.00. The van der Waals surface area contributed by atoms with Crippen LogP contribution in [0, 0.1) is 16.7 Å². The van der Waals surface area contributed by atoms with E-state index in [2.05, 4.69) is 25.2 Å². The molecule has 2 aromatic rings. The molecule has 1 atom stereocenters. The third-order valence-electron chi connectivity index (χ3n) is 5.28. The number of carbonyl (C=O) groups excluding carboxylic acids is 1. The van der Waals surface area contributed by atoms with Gasteiger partial charge in [0.05, 0.1) is 22.6 Å². The molecule has 148 valence electrons. The Kier molecular flexibility index (Phi) is 5.61. The fraction of sp³-hybridized carbons (Fsp3) is 0.304. The van der Waals surface area contributed by atoms with E-state index < -0.39 is 0 Å². The number of allylic oxidation sites excluding steroid dienone is 3. The third kappa shape index (κ3) is 4.02. The number of rotatable bonds is 4. The number of hydrogen-bond acceptors (Lipinski definition) is 5. The third-order valence-corrected chi connectivity index (χ3v) is 7.66. The molecule has 0 fully saturated rings. The van der Waals surface area contributed by atoms with Gasteiger partial charge < -0.3 is 5.32 Å². The molecule has 0 spiro atoms. The average molecular weight is 441 g/mol. The Morgan fingerprint density at radius 2 is 2.07 bits per heavy atom. The van der Waals surface area contributed by atoms with Crippen molar-refractivity contribution in [2.24, 2.45) is 5.41 Å². The minimum atomic E-state index is -0.284. The molecule has 3 nitrogen and oxygen atoms in total. The average Bonchev–Trinajstić information content (AvgIpc) is 3.19. The molecule has 1 N–H and O–H groups in total. The Hall–Kier alpha value is -2.00. The molecule has 0 amide bonds. The van der Waals surface area contributed by atoms with Crippen LogP contribution in [0.4, 0.5) is 0 Å². The molecule has 0 radical (unpaired) electrons. The Balaban J connectivity index is 1.75. The Morgan fingerprint density at radius 1 is 1.28 bits per heavy atom. The van der Waals surface area contributed by atoms with Crippen molar-refractivity contribution in [2.45, 2.75) is 38.4 Å². The van der Waals surface area contributed by atoms with E-state index in [1.54, 1.807) is 23.1 Å². The molecule has 0 saturated heterocycles. The first kappa shape index (κ1) is 20.3. The van der Waals surface area contributed by atoms with E-state index in [1.807, 2.05) is 41.8 Å². The number of benzene rings is 1. The van der Waals surface area contributed by atoms with Crippen LogP contribution in [-0.4, -0.2) is 5.78 Å². The lowest BCUT2D eigenvalue weighted by Crippen LogP contribution is -2.36. The highest BCUT2D eigenvalue weighted by Gasteiger charge is 2.42. The van der Waals surface area contributed by atoms with E-state index in [0.29, 0.717) is 17.7 Å². The highest BCUT2D eigenvalue weighted by Crippen LogP contribution is 2.49. The normalized spacial score (nSPS) is 20.9. The molecule has 6 heteroatoms. The second-order valence-corrected chi connectivity index (χ2v) is 10.5. The summed E-state index contributed by atoms with van der Waals surface area (Å²) >= 11 is 9.49. The van der Waals surface area contributed by atoms with Gasteiger partial charge in [-0.15, -0.1) is 23.1 Å². The summed E-state index contributed by atoms with van der Waals surface area (Å²) in [5.74, 6) is 0.517. The summed E-state index contributed by atoms with van der Waals surface area (Å²) in [7, 11) is 0. The van der Waals surface area contributed by atoms with Crippen LogP contribution in [0.15, 0.2) is 63.7 Å². The zero-order valence-electron chi connectivity index (χ0n) is 16.3. The van der Waals surface area contributed by atoms with Gasteiger partial charge in [-0.25, -0.2) is 0 Å². The van der Waals surface area contributed by atoms with Gasteiger partial charge in [-0.3, -0.25) is 4.79 Å². The number of halogens is 1. The van der Waals surface area contributed by atoms with Gasteiger partial charge in [0.15, 0.2) is 5.78 Å². The Morgan fingerprint density at radius 3 is 2.76 bits per heavy atom. The summed E-state index contributed by atoms with van der Waals surface area (Å²) in [6, 6.07) is 14.2. The SMILES string of the molecule is CC1(C)CC(=O)C2=C(C1)NC(SCc1ccccc1Cl)=C(C#N)[C@@H]2c1cccs1. The zero-order valence-corrected chi connectivity index (χ0v) is 18.7. The molecule has 1 aliphatic heterocycles. The summed E-state index contributed by atoms with van der Waals surface area (Å²) in [6.07, 6.45) is 1.31. The Labute approximate surface area is 184 Å². The molecular formula is C23H21ClN2OS2. The maximum Gasteiger partial charge on any atom is 0.162 e. The summed E-state index contributed by atoms with van der Waals surface area (Å²) in [4.78, 5) is 14.1. The molecule has 0 saturated carbocycles. The molecule has 0 unspecified atom stereocenters. The van der Waals surface area contributed by atoms with Gasteiger partial charge in [0.2, 0.25) is 0 Å². The quantitative estimate of drug-likeness (QED) is 0.597. The van der Waals surface area contributed by atoms with Crippen LogP contribution >= 0.6 is 34.7 Å². The fourth-order valence-corrected chi connectivity index (χ4v) is 6.19. The van der Waals surface area contributed by atoms with Gasteiger partial charge >= 0.3 is 0 Å². The lowest BCUT2D eigenvalue weighted by molar-refractivity contribution is -0.118. The van der Waals surface area contributed by atoms with Crippen LogP contribution in [0.3, 0.4) is 0 Å². The van der Waals surface area contributed by atoms with Crippen LogP contribution in [0.5, 0.6) is 0 Å². The van der Waals surface area contributed by atoms with E-state index in [4.69, 9.17) is 11.6 Å². The standard InChI is InChI=1S/C23H21ClN2OS2/c1-23(2)10-17-21(18(27)11-23)20(19-8-5-9-28-19)15(12-25)22(26-17)29-13-14-6-3-4-7-16(14)24/h3-9,20,26H,10-11,13H2,1-2H3/t20-/m1/s1. The summed E-state index contributed by atoms with van der Waals surface area (Å²) in [5.41, 5.74) is 3.29.